The fraction of sp³-hybridized carbons (Fsp3) is 0.348. The summed E-state index contributed by atoms with van der Waals surface area (Å²) in [6.07, 6.45) is 2.25. The van der Waals surface area contributed by atoms with E-state index in [1.54, 1.807) is 43.5 Å². The number of amides is 2. The molecule has 1 atom stereocenters. The Morgan fingerprint density at radius 3 is 2.42 bits per heavy atom. The van der Waals surface area contributed by atoms with Crippen LogP contribution in [0.4, 0.5) is 5.69 Å². The summed E-state index contributed by atoms with van der Waals surface area (Å²) in [5, 5.41) is 5.54. The van der Waals surface area contributed by atoms with Crippen molar-refractivity contribution in [1.82, 2.24) is 5.32 Å². The zero-order valence-corrected chi connectivity index (χ0v) is 17.6. The van der Waals surface area contributed by atoms with Gasteiger partial charge in [-0.05, 0) is 62.1 Å². The van der Waals surface area contributed by atoms with Gasteiger partial charge in [-0.1, -0.05) is 6.07 Å². The number of esters is 1. The summed E-state index contributed by atoms with van der Waals surface area (Å²) in [5.41, 5.74) is 0.887. The largest absolute Gasteiger partial charge is 0.497 e. The van der Waals surface area contributed by atoms with Gasteiger partial charge < -0.3 is 24.8 Å². The number of anilines is 1. The van der Waals surface area contributed by atoms with Crippen LogP contribution in [0.5, 0.6) is 11.5 Å². The Balaban J connectivity index is 1.41. The smallest absolute Gasteiger partial charge is 0.338 e. The molecule has 0 heterocycles. The van der Waals surface area contributed by atoms with Gasteiger partial charge in [0.15, 0.2) is 13.2 Å². The Labute approximate surface area is 180 Å². The molecule has 164 valence electrons. The third-order valence-corrected chi connectivity index (χ3v) is 4.87. The monoisotopic (exact) mass is 426 g/mol. The molecule has 0 radical (unpaired) electrons. The van der Waals surface area contributed by atoms with Crippen molar-refractivity contribution in [2.45, 2.75) is 25.8 Å². The number of carbonyl (C=O) groups is 3. The topological polar surface area (TPSA) is 103 Å². The maximum Gasteiger partial charge on any atom is 0.338 e. The van der Waals surface area contributed by atoms with Gasteiger partial charge in [0.1, 0.15) is 11.5 Å². The molecule has 1 aliphatic carbocycles. The van der Waals surface area contributed by atoms with Crippen LogP contribution in [0.1, 0.15) is 30.1 Å². The van der Waals surface area contributed by atoms with E-state index in [1.807, 2.05) is 6.92 Å². The Morgan fingerprint density at radius 2 is 1.74 bits per heavy atom. The van der Waals surface area contributed by atoms with Crippen LogP contribution < -0.4 is 20.1 Å². The summed E-state index contributed by atoms with van der Waals surface area (Å²) in [5.74, 6) is 0.351. The molecule has 2 amide bonds. The van der Waals surface area contributed by atoms with Crippen LogP contribution in [-0.2, 0) is 14.3 Å². The highest BCUT2D eigenvalue weighted by molar-refractivity contribution is 5.92. The highest BCUT2D eigenvalue weighted by Gasteiger charge is 2.29. The molecule has 2 N–H and O–H groups in total. The molecule has 0 spiro atoms. The minimum absolute atomic E-state index is 0.101. The SMILES string of the molecule is COc1cccc(NC(=O)COc2ccc(C(=O)OCC(=O)NC(C)C3CC3)cc2)c1. The average molecular weight is 426 g/mol. The number of hydrogen-bond donors (Lipinski definition) is 2. The molecule has 2 aromatic rings. The molecule has 0 saturated heterocycles. The third kappa shape index (κ3) is 7.02. The molecule has 1 unspecified atom stereocenters. The second-order valence-corrected chi connectivity index (χ2v) is 7.36. The van der Waals surface area contributed by atoms with Crippen molar-refractivity contribution in [2.75, 3.05) is 25.6 Å². The number of methoxy groups -OCH3 is 1. The van der Waals surface area contributed by atoms with Crippen LogP contribution in [-0.4, -0.2) is 44.1 Å². The first-order valence-corrected chi connectivity index (χ1v) is 10.1. The maximum atomic E-state index is 12.1. The Morgan fingerprint density at radius 1 is 1.00 bits per heavy atom. The van der Waals surface area contributed by atoms with Crippen molar-refractivity contribution in [3.8, 4) is 11.5 Å². The van der Waals surface area contributed by atoms with Crippen LogP contribution in [0.25, 0.3) is 0 Å². The zero-order chi connectivity index (χ0) is 22.2. The van der Waals surface area contributed by atoms with Crippen LogP contribution >= 0.6 is 0 Å². The van der Waals surface area contributed by atoms with Crippen LogP contribution in [0, 0.1) is 5.92 Å². The van der Waals surface area contributed by atoms with Crippen molar-refractivity contribution in [3.05, 3.63) is 54.1 Å². The van der Waals surface area contributed by atoms with E-state index in [9.17, 15) is 14.4 Å². The summed E-state index contributed by atoms with van der Waals surface area (Å²) in [6, 6.07) is 13.2. The highest BCUT2D eigenvalue weighted by Crippen LogP contribution is 2.32. The first-order chi connectivity index (χ1) is 14.9. The molecule has 8 heteroatoms. The van der Waals surface area contributed by atoms with Gasteiger partial charge in [0.2, 0.25) is 0 Å². The van der Waals surface area contributed by atoms with Crippen LogP contribution in [0.3, 0.4) is 0 Å². The van der Waals surface area contributed by atoms with Gasteiger partial charge in [0.25, 0.3) is 11.8 Å². The number of carbonyl (C=O) groups excluding carboxylic acids is 3. The predicted octanol–water partition coefficient (Wildman–Crippen LogP) is 2.78. The quantitative estimate of drug-likeness (QED) is 0.567. The second kappa shape index (κ2) is 10.5. The number of nitrogens with one attached hydrogen (secondary N) is 2. The standard InChI is InChI=1S/C23H26N2O6/c1-15(16-6-7-16)24-21(26)14-31-23(28)17-8-10-19(11-9-17)30-13-22(27)25-18-4-3-5-20(12-18)29-2/h3-5,8-12,15-16H,6-7,13-14H2,1-2H3,(H,24,26)(H,25,27). The minimum Gasteiger partial charge on any atom is -0.497 e. The maximum absolute atomic E-state index is 12.1. The van der Waals surface area contributed by atoms with E-state index in [0.29, 0.717) is 23.1 Å². The third-order valence-electron chi connectivity index (χ3n) is 4.87. The fourth-order valence-corrected chi connectivity index (χ4v) is 2.96. The molecule has 3 rings (SSSR count). The van der Waals surface area contributed by atoms with Gasteiger partial charge >= 0.3 is 5.97 Å². The molecule has 0 bridgehead atoms. The van der Waals surface area contributed by atoms with E-state index < -0.39 is 5.97 Å². The van der Waals surface area contributed by atoms with Gasteiger partial charge in [-0.25, -0.2) is 4.79 Å². The first kappa shape index (κ1) is 22.1. The summed E-state index contributed by atoms with van der Waals surface area (Å²) in [7, 11) is 1.55. The molecule has 1 saturated carbocycles. The summed E-state index contributed by atoms with van der Waals surface area (Å²) < 4.78 is 15.6. The lowest BCUT2D eigenvalue weighted by Crippen LogP contribution is -2.37. The molecular weight excluding hydrogens is 400 g/mol. The van der Waals surface area contributed by atoms with Crippen molar-refractivity contribution >= 4 is 23.5 Å². The van der Waals surface area contributed by atoms with E-state index in [0.717, 1.165) is 12.8 Å². The predicted molar refractivity (Wildman–Crippen MR) is 114 cm³/mol. The van der Waals surface area contributed by atoms with Gasteiger partial charge in [0.05, 0.1) is 12.7 Å². The zero-order valence-electron chi connectivity index (χ0n) is 17.6. The summed E-state index contributed by atoms with van der Waals surface area (Å²) in [4.78, 5) is 36.0. The van der Waals surface area contributed by atoms with Crippen molar-refractivity contribution in [2.24, 2.45) is 5.92 Å². The summed E-state index contributed by atoms with van der Waals surface area (Å²) >= 11 is 0. The lowest BCUT2D eigenvalue weighted by Gasteiger charge is -2.12. The number of ether oxygens (including phenoxy) is 3. The number of hydrogen-bond acceptors (Lipinski definition) is 6. The molecule has 1 aliphatic rings. The van der Waals surface area contributed by atoms with Crippen molar-refractivity contribution < 1.29 is 28.6 Å². The van der Waals surface area contributed by atoms with Crippen molar-refractivity contribution in [1.29, 1.82) is 0 Å². The molecular formula is C23H26N2O6. The normalized spacial score (nSPS) is 13.6. The molecule has 31 heavy (non-hydrogen) atoms. The fourth-order valence-electron chi connectivity index (χ4n) is 2.96. The van der Waals surface area contributed by atoms with Crippen LogP contribution in [0.2, 0.25) is 0 Å². The van der Waals surface area contributed by atoms with Gasteiger partial charge in [-0.2, -0.15) is 0 Å². The Hall–Kier alpha value is -3.55. The highest BCUT2D eigenvalue weighted by atomic mass is 16.5. The second-order valence-electron chi connectivity index (χ2n) is 7.36. The van der Waals surface area contributed by atoms with E-state index in [2.05, 4.69) is 10.6 Å². The number of benzene rings is 2. The molecule has 0 aliphatic heterocycles. The van der Waals surface area contributed by atoms with E-state index in [-0.39, 0.29) is 36.6 Å². The minimum atomic E-state index is -0.600. The molecule has 0 aromatic heterocycles. The van der Waals surface area contributed by atoms with Crippen LogP contribution in [0.15, 0.2) is 48.5 Å². The van der Waals surface area contributed by atoms with Crippen molar-refractivity contribution in [3.63, 3.8) is 0 Å². The molecule has 1 fully saturated rings. The lowest BCUT2D eigenvalue weighted by atomic mass is 10.2. The van der Waals surface area contributed by atoms with Gasteiger partial charge in [-0.15, -0.1) is 0 Å². The Bertz CT molecular complexity index is 924. The van der Waals surface area contributed by atoms with E-state index >= 15 is 0 Å². The first-order valence-electron chi connectivity index (χ1n) is 10.1. The molecule has 2 aromatic carbocycles. The molecule has 8 nitrogen and oxygen atoms in total. The summed E-state index contributed by atoms with van der Waals surface area (Å²) in [6.45, 7) is 1.44. The number of rotatable bonds is 10. The Kier molecular flexibility index (Phi) is 7.48. The lowest BCUT2D eigenvalue weighted by molar-refractivity contribution is -0.125. The van der Waals surface area contributed by atoms with Gasteiger partial charge in [-0.3, -0.25) is 9.59 Å². The van der Waals surface area contributed by atoms with E-state index in [1.165, 1.54) is 12.1 Å². The average Bonchev–Trinajstić information content (AvgIpc) is 3.62. The van der Waals surface area contributed by atoms with Gasteiger partial charge in [0, 0.05) is 17.8 Å². The van der Waals surface area contributed by atoms with E-state index in [4.69, 9.17) is 14.2 Å².